The van der Waals surface area contributed by atoms with E-state index in [4.69, 9.17) is 4.74 Å². The van der Waals surface area contributed by atoms with Crippen LogP contribution in [0.5, 0.6) is 5.75 Å². The number of nitrogens with zero attached hydrogens (tertiary/aromatic N) is 2. The molecule has 214 valence electrons. The normalized spacial score (nSPS) is 16.6. The first kappa shape index (κ1) is 29.3. The van der Waals surface area contributed by atoms with Crippen molar-refractivity contribution in [2.75, 3.05) is 30.3 Å². The summed E-state index contributed by atoms with van der Waals surface area (Å²) in [6, 6.07) is 10.2. The third-order valence-corrected chi connectivity index (χ3v) is 8.27. The van der Waals surface area contributed by atoms with Crippen LogP contribution in [0.2, 0.25) is 0 Å². The van der Waals surface area contributed by atoms with Crippen LogP contribution >= 0.6 is 0 Å². The summed E-state index contributed by atoms with van der Waals surface area (Å²) in [5, 5.41) is 12.4. The number of hydrogen-bond donors (Lipinski definition) is 2. The minimum Gasteiger partial charge on any atom is -0.489 e. The topological polar surface area (TPSA) is 109 Å². The van der Waals surface area contributed by atoms with Crippen LogP contribution in [0.25, 0.3) is 0 Å². The van der Waals surface area contributed by atoms with E-state index >= 15 is 0 Å². The van der Waals surface area contributed by atoms with Crippen LogP contribution in [0, 0.1) is 5.82 Å². The lowest BCUT2D eigenvalue weighted by Gasteiger charge is -2.20. The molecule has 13 heteroatoms. The van der Waals surface area contributed by atoms with E-state index < -0.39 is 52.1 Å². The molecule has 2 aromatic carbocycles. The van der Waals surface area contributed by atoms with E-state index in [0.717, 1.165) is 18.2 Å². The van der Waals surface area contributed by atoms with E-state index in [1.165, 1.54) is 49.5 Å². The van der Waals surface area contributed by atoms with Crippen molar-refractivity contribution in [2.45, 2.75) is 36.6 Å². The van der Waals surface area contributed by atoms with Gasteiger partial charge in [-0.3, -0.25) is 4.79 Å². The largest absolute Gasteiger partial charge is 0.489 e. The molecule has 1 unspecified atom stereocenters. The molecule has 4 rings (SSSR count). The summed E-state index contributed by atoms with van der Waals surface area (Å²) in [5.74, 6) is -1.24. The molecule has 0 saturated carbocycles. The number of aliphatic hydroxyl groups excluding tert-OH is 1. The van der Waals surface area contributed by atoms with Gasteiger partial charge >= 0.3 is 6.18 Å². The molecule has 1 aliphatic rings. The van der Waals surface area contributed by atoms with Crippen LogP contribution in [-0.4, -0.2) is 56.0 Å². The summed E-state index contributed by atoms with van der Waals surface area (Å²) in [6.45, 7) is 1.68. The molecule has 1 aliphatic heterocycles. The number of ether oxygens (including phenoxy) is 1. The molecule has 2 atom stereocenters. The zero-order chi connectivity index (χ0) is 29.1. The Morgan fingerprint density at radius 1 is 1.18 bits per heavy atom. The van der Waals surface area contributed by atoms with E-state index in [-0.39, 0.29) is 34.3 Å². The number of pyridine rings is 1. The molecular weight excluding hydrogens is 554 g/mol. The molecule has 2 N–H and O–H groups in total. The van der Waals surface area contributed by atoms with Gasteiger partial charge in [0.2, 0.25) is 0 Å². The lowest BCUT2D eigenvalue weighted by molar-refractivity contribution is -0.137. The summed E-state index contributed by atoms with van der Waals surface area (Å²) in [4.78, 5) is 18.6. The second kappa shape index (κ2) is 11.8. The summed E-state index contributed by atoms with van der Waals surface area (Å²) >= 11 is 0. The predicted molar refractivity (Wildman–Crippen MR) is 138 cm³/mol. The average molecular weight is 582 g/mol. The first-order chi connectivity index (χ1) is 18.9. The molecule has 0 radical (unpaired) electrons. The molecule has 3 aromatic rings. The van der Waals surface area contributed by atoms with Crippen LogP contribution in [0.1, 0.15) is 40.9 Å². The van der Waals surface area contributed by atoms with Gasteiger partial charge in [0.25, 0.3) is 5.91 Å². The summed E-state index contributed by atoms with van der Waals surface area (Å²) in [7, 11) is -3.40. The molecule has 40 heavy (non-hydrogen) atoms. The number of rotatable bonds is 9. The van der Waals surface area contributed by atoms with Crippen LogP contribution in [0.15, 0.2) is 65.7 Å². The second-order valence-electron chi connectivity index (χ2n) is 9.21. The number of sulfone groups is 1. The number of hydrogen-bond acceptors (Lipinski definition) is 7. The van der Waals surface area contributed by atoms with Gasteiger partial charge in [-0.05, 0) is 48.0 Å². The number of alkyl halides is 3. The van der Waals surface area contributed by atoms with Gasteiger partial charge in [0, 0.05) is 19.2 Å². The van der Waals surface area contributed by atoms with Crippen LogP contribution in [0.3, 0.4) is 0 Å². The molecular formula is C27H27F4N3O5S. The summed E-state index contributed by atoms with van der Waals surface area (Å²) < 4.78 is 83.0. The van der Waals surface area contributed by atoms with Crippen molar-refractivity contribution >= 4 is 21.6 Å². The van der Waals surface area contributed by atoms with E-state index in [9.17, 15) is 35.9 Å². The Hall–Kier alpha value is -3.71. The zero-order valence-corrected chi connectivity index (χ0v) is 22.2. The van der Waals surface area contributed by atoms with Gasteiger partial charge in [-0.15, -0.1) is 0 Å². The molecule has 8 nitrogen and oxygen atoms in total. The lowest BCUT2D eigenvalue weighted by Crippen LogP contribution is -2.31. The zero-order valence-electron chi connectivity index (χ0n) is 21.4. The second-order valence-corrected chi connectivity index (χ2v) is 11.5. The minimum atomic E-state index is -4.45. The number of aromatic nitrogens is 1. The average Bonchev–Trinajstić information content (AvgIpc) is 3.39. The Bertz CT molecular complexity index is 1450. The molecule has 1 fully saturated rings. The van der Waals surface area contributed by atoms with Crippen molar-refractivity contribution < 1.29 is 40.6 Å². The monoisotopic (exact) mass is 581 g/mol. The number of halogens is 4. The van der Waals surface area contributed by atoms with Gasteiger partial charge in [0.1, 0.15) is 11.9 Å². The van der Waals surface area contributed by atoms with Crippen LogP contribution in [0.4, 0.5) is 23.4 Å². The number of carbonyl (C=O) groups excluding carboxylic acids is 1. The van der Waals surface area contributed by atoms with Crippen molar-refractivity contribution in [1.29, 1.82) is 0 Å². The maximum atomic E-state index is 15.0. The third kappa shape index (κ3) is 6.70. The Morgan fingerprint density at radius 2 is 1.85 bits per heavy atom. The Morgan fingerprint density at radius 3 is 2.42 bits per heavy atom. The SMILES string of the molecule is CCS(=O)(=O)c1ccc([C@H](CO)NC(=O)c2cnc(N3CCC(Oc4ccc(C(F)(F)F)cc4)C3)c(F)c2)cc1. The van der Waals surface area contributed by atoms with Crippen molar-refractivity contribution in [3.05, 3.63) is 83.3 Å². The van der Waals surface area contributed by atoms with E-state index in [1.54, 1.807) is 4.90 Å². The van der Waals surface area contributed by atoms with Gasteiger partial charge in [-0.1, -0.05) is 19.1 Å². The quantitative estimate of drug-likeness (QED) is 0.366. The van der Waals surface area contributed by atoms with Gasteiger partial charge in [0.05, 0.1) is 41.0 Å². The molecule has 2 heterocycles. The van der Waals surface area contributed by atoms with Crippen molar-refractivity contribution in [3.63, 3.8) is 0 Å². The lowest BCUT2D eigenvalue weighted by atomic mass is 10.1. The van der Waals surface area contributed by atoms with Crippen LogP contribution < -0.4 is 15.0 Å². The van der Waals surface area contributed by atoms with Crippen LogP contribution in [-0.2, 0) is 16.0 Å². The summed E-state index contributed by atoms with van der Waals surface area (Å²) in [6.07, 6.45) is -3.16. The first-order valence-electron chi connectivity index (χ1n) is 12.4. The molecule has 0 spiro atoms. The van der Waals surface area contributed by atoms with E-state index in [2.05, 4.69) is 10.3 Å². The minimum absolute atomic E-state index is 0.00139. The Labute approximate surface area is 228 Å². The highest BCUT2D eigenvalue weighted by atomic mass is 32.2. The van der Waals surface area contributed by atoms with Crippen molar-refractivity contribution in [2.24, 2.45) is 0 Å². The number of benzene rings is 2. The summed E-state index contributed by atoms with van der Waals surface area (Å²) in [5.41, 5.74) is -0.400. The number of aliphatic hydroxyl groups is 1. The molecule has 1 amide bonds. The highest BCUT2D eigenvalue weighted by Gasteiger charge is 2.31. The van der Waals surface area contributed by atoms with Gasteiger partial charge < -0.3 is 20.1 Å². The predicted octanol–water partition coefficient (Wildman–Crippen LogP) is 4.15. The highest BCUT2D eigenvalue weighted by molar-refractivity contribution is 7.91. The highest BCUT2D eigenvalue weighted by Crippen LogP contribution is 2.31. The van der Waals surface area contributed by atoms with E-state index in [0.29, 0.717) is 18.5 Å². The van der Waals surface area contributed by atoms with Gasteiger partial charge in [0.15, 0.2) is 21.5 Å². The standard InChI is InChI=1S/C27H27F4N3O5S/c1-2-40(37,38)22-9-3-17(4-10-22)24(16-35)33-26(36)18-13-23(28)25(32-14-18)34-12-11-21(15-34)39-20-7-5-19(6-8-20)27(29,30)31/h3-10,13-14,21,24,35H,2,11-12,15-16H2,1H3,(H,33,36)/t21?,24-/m0/s1. The molecule has 0 aliphatic carbocycles. The first-order valence-corrected chi connectivity index (χ1v) is 14.1. The fourth-order valence-corrected chi connectivity index (χ4v) is 5.15. The number of nitrogens with one attached hydrogen (secondary N) is 1. The Kier molecular flexibility index (Phi) is 8.64. The molecule has 0 bridgehead atoms. The third-order valence-electron chi connectivity index (χ3n) is 6.52. The maximum Gasteiger partial charge on any atom is 0.416 e. The van der Waals surface area contributed by atoms with E-state index in [1.807, 2.05) is 0 Å². The smallest absolute Gasteiger partial charge is 0.416 e. The van der Waals surface area contributed by atoms with Gasteiger partial charge in [-0.25, -0.2) is 17.8 Å². The van der Waals surface area contributed by atoms with Gasteiger partial charge in [-0.2, -0.15) is 13.2 Å². The number of amides is 1. The Balaban J connectivity index is 1.38. The fraction of sp³-hybridized carbons (Fsp3) is 0.333. The van der Waals surface area contributed by atoms with Crippen molar-refractivity contribution in [3.8, 4) is 5.75 Å². The number of carbonyl (C=O) groups is 1. The molecule has 1 saturated heterocycles. The number of anilines is 1. The van der Waals surface area contributed by atoms with Crippen molar-refractivity contribution in [1.82, 2.24) is 10.3 Å². The molecule has 1 aromatic heterocycles. The maximum absolute atomic E-state index is 15.0. The fourth-order valence-electron chi connectivity index (χ4n) is 4.27.